The van der Waals surface area contributed by atoms with E-state index in [-0.39, 0.29) is 33.2 Å². The Hall–Kier alpha value is -2.97. The van der Waals surface area contributed by atoms with Crippen molar-refractivity contribution in [3.05, 3.63) is 63.0 Å². The molecule has 0 saturated carbocycles. The molecule has 1 N–H and O–H groups in total. The molecule has 1 heterocycles. The highest BCUT2D eigenvalue weighted by molar-refractivity contribution is 8.18. The Labute approximate surface area is 182 Å². The highest BCUT2D eigenvalue weighted by Crippen LogP contribution is 2.39. The van der Waals surface area contributed by atoms with Gasteiger partial charge < -0.3 is 14.6 Å². The molecule has 30 heavy (non-hydrogen) atoms. The Balaban J connectivity index is 1.85. The number of methoxy groups -OCH3 is 1. The van der Waals surface area contributed by atoms with Gasteiger partial charge >= 0.3 is 5.97 Å². The van der Waals surface area contributed by atoms with Crippen LogP contribution in [-0.4, -0.2) is 40.8 Å². The molecule has 0 bridgehead atoms. The molecule has 0 aromatic heterocycles. The molecule has 3 rings (SSSR count). The van der Waals surface area contributed by atoms with Crippen LogP contribution < -0.4 is 9.47 Å². The van der Waals surface area contributed by atoms with Crippen LogP contribution in [0.25, 0.3) is 6.08 Å². The SMILES string of the molecule is COc1cc(/C=C2\SC(=O)N(Cc3ccccc3C)C2=O)cc(Cl)c1OCC(=O)O. The topological polar surface area (TPSA) is 93.1 Å². The van der Waals surface area contributed by atoms with Gasteiger partial charge in [-0.05, 0) is 53.6 Å². The van der Waals surface area contributed by atoms with Gasteiger partial charge in [0.15, 0.2) is 18.1 Å². The van der Waals surface area contributed by atoms with E-state index in [1.54, 1.807) is 6.07 Å². The number of carbonyl (C=O) groups excluding carboxylic acids is 2. The second kappa shape index (κ2) is 9.23. The third-order valence-electron chi connectivity index (χ3n) is 4.35. The summed E-state index contributed by atoms with van der Waals surface area (Å²) in [6.45, 7) is 1.54. The Bertz CT molecular complexity index is 1050. The molecule has 0 spiro atoms. The number of carboxylic acids is 1. The smallest absolute Gasteiger partial charge is 0.341 e. The van der Waals surface area contributed by atoms with Gasteiger partial charge in [0.2, 0.25) is 0 Å². The fourth-order valence-electron chi connectivity index (χ4n) is 2.84. The van der Waals surface area contributed by atoms with Gasteiger partial charge in [0.05, 0.1) is 23.6 Å². The second-order valence-corrected chi connectivity index (χ2v) is 7.81. The maximum atomic E-state index is 12.8. The molecule has 7 nitrogen and oxygen atoms in total. The number of aliphatic carboxylic acids is 1. The monoisotopic (exact) mass is 447 g/mol. The van der Waals surface area contributed by atoms with Crippen molar-refractivity contribution in [2.45, 2.75) is 13.5 Å². The summed E-state index contributed by atoms with van der Waals surface area (Å²) in [5.41, 5.74) is 2.40. The van der Waals surface area contributed by atoms with E-state index in [2.05, 4.69) is 0 Å². The van der Waals surface area contributed by atoms with Gasteiger partial charge in [-0.2, -0.15) is 0 Å². The molecule has 1 aliphatic rings. The molecule has 1 aliphatic heterocycles. The van der Waals surface area contributed by atoms with Crippen molar-refractivity contribution in [2.24, 2.45) is 0 Å². The number of carboxylic acid groups (broad SMARTS) is 1. The zero-order chi connectivity index (χ0) is 21.8. The Kier molecular flexibility index (Phi) is 6.69. The van der Waals surface area contributed by atoms with Crippen LogP contribution in [0.2, 0.25) is 5.02 Å². The van der Waals surface area contributed by atoms with E-state index in [0.29, 0.717) is 5.56 Å². The van der Waals surface area contributed by atoms with Crippen LogP contribution in [0.15, 0.2) is 41.3 Å². The summed E-state index contributed by atoms with van der Waals surface area (Å²) in [5, 5.41) is 8.55. The standard InChI is InChI=1S/C21H18ClNO6S/c1-12-5-3-4-6-14(12)10-23-20(26)17(30-21(23)27)9-13-7-15(22)19(16(8-13)28-2)29-11-18(24)25/h3-9H,10-11H2,1-2H3,(H,24,25)/b17-9-. The summed E-state index contributed by atoms with van der Waals surface area (Å²) >= 11 is 7.05. The Morgan fingerprint density at radius 2 is 2.00 bits per heavy atom. The van der Waals surface area contributed by atoms with E-state index >= 15 is 0 Å². The van der Waals surface area contributed by atoms with Crippen LogP contribution in [0.3, 0.4) is 0 Å². The number of nitrogens with zero attached hydrogens (tertiary/aromatic N) is 1. The van der Waals surface area contributed by atoms with E-state index in [0.717, 1.165) is 22.9 Å². The molecule has 2 aromatic rings. The lowest BCUT2D eigenvalue weighted by molar-refractivity contribution is -0.139. The van der Waals surface area contributed by atoms with Crippen LogP contribution in [0, 0.1) is 6.92 Å². The minimum Gasteiger partial charge on any atom is -0.493 e. The van der Waals surface area contributed by atoms with Crippen LogP contribution >= 0.6 is 23.4 Å². The number of thioether (sulfide) groups is 1. The van der Waals surface area contributed by atoms with Crippen molar-refractivity contribution in [2.75, 3.05) is 13.7 Å². The van der Waals surface area contributed by atoms with Crippen molar-refractivity contribution in [3.8, 4) is 11.5 Å². The summed E-state index contributed by atoms with van der Waals surface area (Å²) in [6, 6.07) is 10.6. The normalized spacial score (nSPS) is 15.0. The predicted octanol–water partition coefficient (Wildman–Crippen LogP) is 4.36. The van der Waals surface area contributed by atoms with Gasteiger partial charge in [-0.25, -0.2) is 4.79 Å². The van der Waals surface area contributed by atoms with Gasteiger partial charge in [0.25, 0.3) is 11.1 Å². The lowest BCUT2D eigenvalue weighted by Gasteiger charge is -2.14. The third-order valence-corrected chi connectivity index (χ3v) is 5.54. The van der Waals surface area contributed by atoms with Gasteiger partial charge in [0.1, 0.15) is 0 Å². The lowest BCUT2D eigenvalue weighted by atomic mass is 10.1. The Morgan fingerprint density at radius 3 is 2.67 bits per heavy atom. The van der Waals surface area contributed by atoms with Crippen molar-refractivity contribution in [3.63, 3.8) is 0 Å². The van der Waals surface area contributed by atoms with E-state index < -0.39 is 18.5 Å². The average molecular weight is 448 g/mol. The fraction of sp³-hybridized carbons (Fsp3) is 0.190. The highest BCUT2D eigenvalue weighted by Gasteiger charge is 2.35. The van der Waals surface area contributed by atoms with Crippen LogP contribution in [0.4, 0.5) is 4.79 Å². The molecule has 1 fully saturated rings. The maximum Gasteiger partial charge on any atom is 0.341 e. The molecular weight excluding hydrogens is 430 g/mol. The first-order valence-corrected chi connectivity index (χ1v) is 10.0. The lowest BCUT2D eigenvalue weighted by Crippen LogP contribution is -2.27. The third kappa shape index (κ3) is 4.77. The molecular formula is C21H18ClNO6S. The first-order valence-electron chi connectivity index (χ1n) is 8.82. The van der Waals surface area contributed by atoms with E-state index in [1.807, 2.05) is 31.2 Å². The number of carbonyl (C=O) groups is 3. The zero-order valence-electron chi connectivity index (χ0n) is 16.2. The number of benzene rings is 2. The van der Waals surface area contributed by atoms with Crippen molar-refractivity contribution in [1.29, 1.82) is 0 Å². The van der Waals surface area contributed by atoms with Gasteiger partial charge in [-0.15, -0.1) is 0 Å². The quantitative estimate of drug-likeness (QED) is 0.630. The molecule has 2 aromatic carbocycles. The van der Waals surface area contributed by atoms with E-state index in [1.165, 1.54) is 24.2 Å². The predicted molar refractivity (Wildman–Crippen MR) is 114 cm³/mol. The number of halogens is 1. The number of ether oxygens (including phenoxy) is 2. The summed E-state index contributed by atoms with van der Waals surface area (Å²) < 4.78 is 10.4. The van der Waals surface area contributed by atoms with E-state index in [9.17, 15) is 14.4 Å². The fourth-order valence-corrected chi connectivity index (χ4v) is 3.95. The molecule has 0 radical (unpaired) electrons. The molecule has 0 unspecified atom stereocenters. The van der Waals surface area contributed by atoms with Crippen molar-refractivity contribution < 1.29 is 29.0 Å². The largest absolute Gasteiger partial charge is 0.493 e. The van der Waals surface area contributed by atoms with Crippen molar-refractivity contribution in [1.82, 2.24) is 4.90 Å². The van der Waals surface area contributed by atoms with Crippen molar-refractivity contribution >= 4 is 46.6 Å². The molecule has 0 aliphatic carbocycles. The Morgan fingerprint density at radius 1 is 1.27 bits per heavy atom. The minimum absolute atomic E-state index is 0.0892. The number of aryl methyl sites for hydroxylation is 1. The average Bonchev–Trinajstić information content (AvgIpc) is 2.95. The zero-order valence-corrected chi connectivity index (χ0v) is 17.7. The van der Waals surface area contributed by atoms with Gasteiger partial charge in [-0.1, -0.05) is 35.9 Å². The van der Waals surface area contributed by atoms with Crippen LogP contribution in [0.5, 0.6) is 11.5 Å². The van der Waals surface area contributed by atoms with Gasteiger partial charge in [0, 0.05) is 0 Å². The number of imide groups is 1. The summed E-state index contributed by atoms with van der Waals surface area (Å²) in [6.07, 6.45) is 1.54. The minimum atomic E-state index is -1.15. The molecule has 1 saturated heterocycles. The molecule has 0 atom stereocenters. The molecule has 9 heteroatoms. The summed E-state index contributed by atoms with van der Waals surface area (Å²) in [5.74, 6) is -1.24. The first-order chi connectivity index (χ1) is 14.3. The number of hydrogen-bond acceptors (Lipinski definition) is 6. The van der Waals surface area contributed by atoms with Crippen LogP contribution in [-0.2, 0) is 16.1 Å². The summed E-state index contributed by atoms with van der Waals surface area (Å²) in [7, 11) is 1.39. The number of hydrogen-bond donors (Lipinski definition) is 1. The first kappa shape index (κ1) is 21.7. The molecule has 2 amide bonds. The van der Waals surface area contributed by atoms with Gasteiger partial charge in [-0.3, -0.25) is 14.5 Å². The maximum absolute atomic E-state index is 12.8. The van der Waals surface area contributed by atoms with Crippen LogP contribution in [0.1, 0.15) is 16.7 Å². The number of rotatable bonds is 7. The highest BCUT2D eigenvalue weighted by atomic mass is 35.5. The second-order valence-electron chi connectivity index (χ2n) is 6.41. The summed E-state index contributed by atoms with van der Waals surface area (Å²) in [4.78, 5) is 37.4. The van der Waals surface area contributed by atoms with E-state index in [4.69, 9.17) is 26.2 Å². The molecule has 156 valence electrons. The number of amides is 2.